The van der Waals surface area contributed by atoms with E-state index in [1.165, 1.54) is 18.0 Å². The molecule has 1 aromatic carbocycles. The highest BCUT2D eigenvalue weighted by atomic mass is 32.1. The lowest BCUT2D eigenvalue weighted by Crippen LogP contribution is -2.61. The van der Waals surface area contributed by atoms with E-state index in [0.717, 1.165) is 59.2 Å². The quantitative estimate of drug-likeness (QED) is 0.0182. The number of nitrogens with one attached hydrogen (secondary N) is 4. The highest BCUT2D eigenvalue weighted by Crippen LogP contribution is 2.38. The number of unbranched alkanes of at least 4 members (excludes halogenated alkanes) is 3. The molecule has 1 aliphatic rings. The number of amides is 6. The number of aliphatic hydroxyl groups excluding tert-OH is 1. The summed E-state index contributed by atoms with van der Waals surface area (Å²) in [4.78, 5) is 116. The molecule has 1 fully saturated rings. The first-order valence-electron chi connectivity index (χ1n) is 23.0. The summed E-state index contributed by atoms with van der Waals surface area (Å²) in [7, 11) is -3.14. The van der Waals surface area contributed by atoms with Gasteiger partial charge < -0.3 is 60.8 Å². The summed E-state index contributed by atoms with van der Waals surface area (Å²) in [5.41, 5.74) is 7.88. The molecule has 1 saturated heterocycles. The number of aromatic nitrogens is 4. The van der Waals surface area contributed by atoms with Crippen molar-refractivity contribution in [2.75, 3.05) is 19.8 Å². The van der Waals surface area contributed by atoms with E-state index in [0.29, 0.717) is 38.2 Å². The summed E-state index contributed by atoms with van der Waals surface area (Å²) in [6.07, 6.45) is 7.29. The molecule has 9 N–H and O–H groups in total. The molecule has 4 aromatic rings. The van der Waals surface area contributed by atoms with Crippen LogP contribution in [0, 0.1) is 5.92 Å². The number of para-hydroxylation sites is 2. The van der Waals surface area contributed by atoms with Crippen molar-refractivity contribution >= 4 is 71.9 Å². The summed E-state index contributed by atoms with van der Waals surface area (Å²) in [5.74, 6) is -4.08. The van der Waals surface area contributed by atoms with Gasteiger partial charge in [-0.3, -0.25) is 33.3 Å². The van der Waals surface area contributed by atoms with Crippen LogP contribution >= 0.6 is 19.2 Å². The average molecular weight is 1010 g/mol. The van der Waals surface area contributed by atoms with Crippen molar-refractivity contribution in [3.05, 3.63) is 59.5 Å². The molecule has 0 spiro atoms. The molecule has 6 amide bonds. The minimum atomic E-state index is -5.13. The van der Waals surface area contributed by atoms with Crippen LogP contribution in [0.3, 0.4) is 0 Å². The largest absolute Gasteiger partial charge is 0.469 e. The Morgan fingerprint density at radius 2 is 1.66 bits per heavy atom. The molecular formula is C45H64N11O12PS. The molecule has 1 aliphatic heterocycles. The summed E-state index contributed by atoms with van der Waals surface area (Å²) >= 11 is 1.56. The fourth-order valence-electron chi connectivity index (χ4n) is 8.07. The molecule has 23 nitrogen and oxygen atoms in total. The van der Waals surface area contributed by atoms with Gasteiger partial charge in [-0.1, -0.05) is 37.6 Å². The van der Waals surface area contributed by atoms with E-state index in [2.05, 4.69) is 40.5 Å². The number of phosphoric acid groups is 1. The van der Waals surface area contributed by atoms with Gasteiger partial charge in [-0.25, -0.2) is 14.5 Å². The number of carbonyl (C=O) groups is 6. The molecule has 0 bridgehead atoms. The Kier molecular flexibility index (Phi) is 20.2. The SMILES string of the molecule is CC(=O)N1CCC[C@H]1C(=O)N[C@@H](CC(C)C)C(=O)N[C@@H](Cc1cncn1CCCCCCO/N=C/c1ccc(-c2nc3ccccc3n2C)s1)C(=O)N[C@@H](CO)C(=O)N[C@H](C(N)=O)[C@@H](C)OP(=O)(O)O. The number of carbonyl (C=O) groups excluding carboxylic acids is 6. The lowest BCUT2D eigenvalue weighted by Gasteiger charge is -2.28. The predicted molar refractivity (Wildman–Crippen MR) is 258 cm³/mol. The van der Waals surface area contributed by atoms with Crippen LogP contribution < -0.4 is 27.0 Å². The van der Waals surface area contributed by atoms with Crippen LogP contribution in [0.25, 0.3) is 21.7 Å². The van der Waals surface area contributed by atoms with E-state index in [1.807, 2.05) is 61.9 Å². The van der Waals surface area contributed by atoms with E-state index in [-0.39, 0.29) is 24.7 Å². The Balaban J connectivity index is 1.20. The number of phosphoric ester groups is 1. The van der Waals surface area contributed by atoms with E-state index in [9.17, 15) is 48.2 Å². The van der Waals surface area contributed by atoms with Gasteiger partial charge in [0.25, 0.3) is 0 Å². The number of hydrogen-bond donors (Lipinski definition) is 8. The van der Waals surface area contributed by atoms with Crippen molar-refractivity contribution < 1.29 is 57.6 Å². The lowest BCUT2D eigenvalue weighted by atomic mass is 10.0. The van der Waals surface area contributed by atoms with Gasteiger partial charge in [-0.15, -0.1) is 11.3 Å². The molecule has 70 heavy (non-hydrogen) atoms. The molecule has 0 unspecified atom stereocenters. The van der Waals surface area contributed by atoms with Crippen LogP contribution in [0.2, 0.25) is 0 Å². The molecule has 0 aliphatic carbocycles. The normalized spacial score (nSPS) is 16.2. The number of likely N-dealkylation sites (tertiary alicyclic amines) is 1. The topological polar surface area (TPSA) is 324 Å². The molecular weight excluding hydrogens is 950 g/mol. The number of aryl methyl sites for hydroxylation is 2. The average Bonchev–Trinajstić information content (AvgIpc) is 4.13. The van der Waals surface area contributed by atoms with Crippen LogP contribution in [0.4, 0.5) is 0 Å². The third-order valence-electron chi connectivity index (χ3n) is 11.6. The number of imidazole rings is 2. The first kappa shape index (κ1) is 54.9. The number of aliphatic hydroxyl groups is 1. The number of oxime groups is 1. The van der Waals surface area contributed by atoms with Gasteiger partial charge in [0.2, 0.25) is 35.4 Å². The Morgan fingerprint density at radius 1 is 0.957 bits per heavy atom. The second-order valence-electron chi connectivity index (χ2n) is 17.5. The zero-order chi connectivity index (χ0) is 51.1. The highest BCUT2D eigenvalue weighted by Gasteiger charge is 2.37. The van der Waals surface area contributed by atoms with E-state index in [1.54, 1.807) is 23.9 Å². The number of benzene rings is 1. The van der Waals surface area contributed by atoms with Gasteiger partial charge in [0.05, 0.1) is 41.2 Å². The zero-order valence-corrected chi connectivity index (χ0v) is 41.6. The van der Waals surface area contributed by atoms with Crippen molar-refractivity contribution in [1.82, 2.24) is 45.3 Å². The minimum absolute atomic E-state index is 0.103. The number of hydrogen-bond acceptors (Lipinski definition) is 14. The van der Waals surface area contributed by atoms with E-state index < -0.39 is 80.3 Å². The maximum Gasteiger partial charge on any atom is 0.469 e. The fraction of sp³-hybridized carbons (Fsp3) is 0.533. The maximum absolute atomic E-state index is 14.1. The number of nitrogens with zero attached hydrogens (tertiary/aromatic N) is 6. The molecule has 5 rings (SSSR count). The smallest absolute Gasteiger partial charge is 0.396 e. The predicted octanol–water partition coefficient (Wildman–Crippen LogP) is 1.62. The van der Waals surface area contributed by atoms with Crippen molar-refractivity contribution in [2.24, 2.45) is 23.9 Å². The zero-order valence-electron chi connectivity index (χ0n) is 39.9. The molecule has 6 atom stereocenters. The minimum Gasteiger partial charge on any atom is -0.396 e. The number of nitrogens with two attached hydrogens (primary N) is 1. The third-order valence-corrected chi connectivity index (χ3v) is 13.2. The second-order valence-corrected chi connectivity index (χ2v) is 19.8. The van der Waals surface area contributed by atoms with Crippen molar-refractivity contribution in [3.8, 4) is 10.7 Å². The Labute approximate surface area is 409 Å². The summed E-state index contributed by atoms with van der Waals surface area (Å²) in [6, 6.07) is 5.08. The monoisotopic (exact) mass is 1010 g/mol. The van der Waals surface area contributed by atoms with E-state index >= 15 is 0 Å². The standard InChI is InChI=1S/C45H64N11O12PS/c1-27(2)21-33(51-45(63)37-15-12-19-56(37)29(4)58)42(60)50-34(43(61)52-35(25-57)44(62)53-39(40(46)59)28(3)68-69(64,65)66)22-30-23-47-26-55(30)18-10-6-7-11-20-67-48-24-31-16-17-38(70-31)41-49-32-13-8-9-14-36(32)54(41)5/h8-9,13-14,16-17,23-24,26-28,33-35,37,39,57H,6-7,10-12,15,18-22,25H2,1-5H3,(H2,46,59)(H,50,60)(H,51,63)(H,52,61)(H,53,62)(H2,64,65,66)/b48-24+/t28-,33+,34+,35+,37+,39+/m1/s1. The van der Waals surface area contributed by atoms with Crippen LogP contribution in [0.5, 0.6) is 0 Å². The van der Waals surface area contributed by atoms with Crippen LogP contribution in [0.1, 0.15) is 83.2 Å². The number of rotatable bonds is 27. The Bertz CT molecular complexity index is 2520. The van der Waals surface area contributed by atoms with Crippen molar-refractivity contribution in [2.45, 2.75) is 122 Å². The Hall–Kier alpha value is -6.04. The first-order chi connectivity index (χ1) is 33.3. The first-order valence-corrected chi connectivity index (χ1v) is 25.4. The lowest BCUT2D eigenvalue weighted by molar-refractivity contribution is -0.139. The third kappa shape index (κ3) is 15.7. The van der Waals surface area contributed by atoms with Gasteiger partial charge in [-0.2, -0.15) is 0 Å². The van der Waals surface area contributed by atoms with Gasteiger partial charge in [-0.05, 0) is 75.6 Å². The van der Waals surface area contributed by atoms with Crippen molar-refractivity contribution in [3.63, 3.8) is 0 Å². The van der Waals surface area contributed by atoms with E-state index in [4.69, 9.17) is 15.6 Å². The second kappa shape index (κ2) is 25.7. The van der Waals surface area contributed by atoms with Gasteiger partial charge in [0.15, 0.2) is 5.82 Å². The van der Waals surface area contributed by atoms with Crippen molar-refractivity contribution in [1.29, 1.82) is 0 Å². The van der Waals surface area contributed by atoms with Crippen LogP contribution in [0.15, 0.2) is 54.1 Å². The molecule has 382 valence electrons. The number of fused-ring (bicyclic) bond motifs is 1. The van der Waals surface area contributed by atoms with Crippen LogP contribution in [-0.4, -0.2) is 137 Å². The Morgan fingerprint density at radius 3 is 2.34 bits per heavy atom. The summed E-state index contributed by atoms with van der Waals surface area (Å²) in [5, 5.41) is 24.3. The summed E-state index contributed by atoms with van der Waals surface area (Å²) < 4.78 is 19.8. The van der Waals surface area contributed by atoms with Crippen LogP contribution in [-0.2, 0) is 62.7 Å². The van der Waals surface area contributed by atoms with Gasteiger partial charge in [0.1, 0.15) is 36.8 Å². The molecule has 3 aromatic heterocycles. The fourth-order valence-corrected chi connectivity index (χ4v) is 9.52. The number of thiophene rings is 1. The number of primary amides is 1. The molecule has 0 radical (unpaired) electrons. The maximum atomic E-state index is 14.1. The van der Waals surface area contributed by atoms with Gasteiger partial charge in [0, 0.05) is 50.2 Å². The molecule has 4 heterocycles. The molecule has 25 heteroatoms. The van der Waals surface area contributed by atoms with Gasteiger partial charge >= 0.3 is 7.82 Å². The summed E-state index contributed by atoms with van der Waals surface area (Å²) in [6.45, 7) is 6.42. The highest BCUT2D eigenvalue weighted by molar-refractivity contribution is 7.46. The molecule has 0 saturated carbocycles.